The van der Waals surface area contributed by atoms with E-state index in [0.717, 1.165) is 63.9 Å². The van der Waals surface area contributed by atoms with Gasteiger partial charge in [-0.2, -0.15) is 0 Å². The smallest absolute Gasteiger partial charge is 0.409 e. The van der Waals surface area contributed by atoms with Gasteiger partial charge in [0.15, 0.2) is 21.4 Å². The quantitative estimate of drug-likeness (QED) is 0.513. The van der Waals surface area contributed by atoms with Crippen molar-refractivity contribution in [2.45, 2.75) is 63.2 Å². The van der Waals surface area contributed by atoms with Crippen molar-refractivity contribution in [3.8, 4) is 5.75 Å². The van der Waals surface area contributed by atoms with E-state index in [9.17, 15) is 17.6 Å². The van der Waals surface area contributed by atoms with Gasteiger partial charge < -0.3 is 14.4 Å². The van der Waals surface area contributed by atoms with E-state index < -0.39 is 15.7 Å². The fourth-order valence-electron chi connectivity index (χ4n) is 5.01. The number of halogens is 1. The molecule has 178 valence electrons. The molecule has 0 unspecified atom stereocenters. The van der Waals surface area contributed by atoms with Crippen molar-refractivity contribution in [3.63, 3.8) is 0 Å². The minimum Gasteiger partial charge on any atom is -0.491 e. The van der Waals surface area contributed by atoms with Crippen LogP contribution in [0.4, 0.5) is 9.18 Å². The second-order valence-corrected chi connectivity index (χ2v) is 12.5. The zero-order valence-corrected chi connectivity index (χ0v) is 19.9. The molecule has 3 fully saturated rings. The van der Waals surface area contributed by atoms with Gasteiger partial charge in [0.05, 0.1) is 18.1 Å². The highest BCUT2D eigenvalue weighted by molar-refractivity contribution is 7.90. The number of benzene rings is 1. The van der Waals surface area contributed by atoms with Gasteiger partial charge in [-0.1, -0.05) is 6.92 Å². The molecule has 1 aromatic rings. The molecule has 2 saturated carbocycles. The molecule has 0 N–H and O–H groups in total. The molecule has 6 nitrogen and oxygen atoms in total. The van der Waals surface area contributed by atoms with E-state index in [2.05, 4.69) is 6.92 Å². The van der Waals surface area contributed by atoms with Crippen LogP contribution in [-0.2, 0) is 14.6 Å². The molecule has 0 bridgehead atoms. The molecule has 1 amide bonds. The third-order valence-corrected chi connectivity index (χ3v) is 8.63. The first kappa shape index (κ1) is 23.3. The molecule has 8 heteroatoms. The number of nitrogens with zero attached hydrogens (tertiary/aromatic N) is 1. The van der Waals surface area contributed by atoms with Crippen LogP contribution in [0.1, 0.15) is 58.3 Å². The number of sulfone groups is 1. The highest BCUT2D eigenvalue weighted by Crippen LogP contribution is 2.54. The third kappa shape index (κ3) is 5.56. The molecule has 3 aliphatic rings. The van der Waals surface area contributed by atoms with E-state index in [4.69, 9.17) is 9.47 Å². The summed E-state index contributed by atoms with van der Waals surface area (Å²) in [5, 5.41) is 0. The van der Waals surface area contributed by atoms with E-state index in [-0.39, 0.29) is 22.2 Å². The van der Waals surface area contributed by atoms with Crippen molar-refractivity contribution in [1.29, 1.82) is 0 Å². The molecule has 1 heterocycles. The molecule has 2 aliphatic carbocycles. The Kier molecular flexibility index (Phi) is 6.45. The Bertz CT molecular complexity index is 943. The van der Waals surface area contributed by atoms with Crippen molar-refractivity contribution in [2.24, 2.45) is 16.7 Å². The van der Waals surface area contributed by atoms with Crippen molar-refractivity contribution in [1.82, 2.24) is 4.90 Å². The Balaban J connectivity index is 1.12. The zero-order chi connectivity index (χ0) is 23.0. The number of rotatable bonds is 8. The van der Waals surface area contributed by atoms with Gasteiger partial charge >= 0.3 is 6.09 Å². The van der Waals surface area contributed by atoms with Crippen molar-refractivity contribution < 1.29 is 27.1 Å². The van der Waals surface area contributed by atoms with Gasteiger partial charge in [-0.3, -0.25) is 0 Å². The fraction of sp³-hybridized carbons (Fsp3) is 0.708. The number of likely N-dealkylation sites (tertiary alicyclic amines) is 1. The Labute approximate surface area is 190 Å². The van der Waals surface area contributed by atoms with Crippen LogP contribution < -0.4 is 4.74 Å². The summed E-state index contributed by atoms with van der Waals surface area (Å²) < 4.78 is 48.0. The van der Waals surface area contributed by atoms with Gasteiger partial charge in [0.25, 0.3) is 0 Å². The van der Waals surface area contributed by atoms with Crippen LogP contribution in [0.2, 0.25) is 0 Å². The van der Waals surface area contributed by atoms with Crippen LogP contribution in [0.3, 0.4) is 0 Å². The largest absolute Gasteiger partial charge is 0.491 e. The van der Waals surface area contributed by atoms with Crippen LogP contribution in [0.5, 0.6) is 5.75 Å². The lowest BCUT2D eigenvalue weighted by Crippen LogP contribution is -2.49. The number of ether oxygens (including phenoxy) is 2. The van der Waals surface area contributed by atoms with Gasteiger partial charge in [-0.05, 0) is 80.9 Å². The number of hydrogen-bond acceptors (Lipinski definition) is 5. The Morgan fingerprint density at radius 1 is 1.19 bits per heavy atom. The number of amides is 1. The molecule has 4 rings (SSSR count). The highest BCUT2D eigenvalue weighted by Gasteiger charge is 2.46. The van der Waals surface area contributed by atoms with Gasteiger partial charge in [0.2, 0.25) is 0 Å². The van der Waals surface area contributed by atoms with Crippen molar-refractivity contribution in [3.05, 3.63) is 24.0 Å². The molecule has 32 heavy (non-hydrogen) atoms. The fourth-order valence-corrected chi connectivity index (χ4v) is 5.64. The Hall–Kier alpha value is -1.83. The maximum Gasteiger partial charge on any atom is 0.409 e. The second kappa shape index (κ2) is 8.84. The molecule has 0 aromatic heterocycles. The summed E-state index contributed by atoms with van der Waals surface area (Å²) in [6.07, 6.45) is 9.54. The molecular weight excluding hydrogens is 433 g/mol. The summed E-state index contributed by atoms with van der Waals surface area (Å²) in [6.45, 7) is 4.69. The van der Waals surface area contributed by atoms with Crippen LogP contribution >= 0.6 is 0 Å². The van der Waals surface area contributed by atoms with Gasteiger partial charge in [0.1, 0.15) is 0 Å². The van der Waals surface area contributed by atoms with Gasteiger partial charge in [-0.25, -0.2) is 17.6 Å². The van der Waals surface area contributed by atoms with Gasteiger partial charge in [-0.15, -0.1) is 0 Å². The Morgan fingerprint density at radius 3 is 2.47 bits per heavy atom. The summed E-state index contributed by atoms with van der Waals surface area (Å²) in [5.41, 5.74) is 0.599. The molecule has 1 aromatic carbocycles. The SMILES string of the molecule is CC1(COC(=O)N2CCC3(CC2)CC(CCCOc2ccc(S(C)(=O)=O)cc2F)C3)CC1. The standard InChI is InChI=1S/C24H34FNO5S/c1-23(7-8-23)17-31-22(27)26-11-9-24(10-12-26)15-18(16-24)4-3-13-30-21-6-5-19(14-20(21)25)32(2,28)29/h5-6,14,18H,3-4,7-13,15-17H2,1-2H3. The van der Waals surface area contributed by atoms with Gasteiger partial charge in [0, 0.05) is 24.8 Å². The first-order valence-corrected chi connectivity index (χ1v) is 13.5. The van der Waals surface area contributed by atoms with Crippen LogP contribution in [0.25, 0.3) is 0 Å². The summed E-state index contributed by atoms with van der Waals surface area (Å²) in [7, 11) is -3.43. The van der Waals surface area contributed by atoms with E-state index in [1.165, 1.54) is 25.0 Å². The Morgan fingerprint density at radius 2 is 1.88 bits per heavy atom. The van der Waals surface area contributed by atoms with Crippen LogP contribution in [0.15, 0.2) is 23.1 Å². The summed E-state index contributed by atoms with van der Waals surface area (Å²) in [6, 6.07) is 3.76. The topological polar surface area (TPSA) is 72.9 Å². The highest BCUT2D eigenvalue weighted by atomic mass is 32.2. The summed E-state index contributed by atoms with van der Waals surface area (Å²) in [4.78, 5) is 14.1. The average Bonchev–Trinajstić information content (AvgIpc) is 3.46. The molecule has 1 saturated heterocycles. The van der Waals surface area contributed by atoms with Crippen molar-refractivity contribution in [2.75, 3.05) is 32.6 Å². The number of carbonyl (C=O) groups is 1. The molecule has 1 spiro atoms. The van der Waals surface area contributed by atoms with E-state index in [0.29, 0.717) is 24.5 Å². The lowest BCUT2D eigenvalue weighted by atomic mass is 9.56. The van der Waals surface area contributed by atoms with Crippen LogP contribution in [0, 0.1) is 22.6 Å². The van der Waals surface area contributed by atoms with E-state index in [1.54, 1.807) is 0 Å². The predicted octanol–water partition coefficient (Wildman–Crippen LogP) is 4.82. The lowest BCUT2D eigenvalue weighted by Gasteiger charge is -2.52. The lowest BCUT2D eigenvalue weighted by molar-refractivity contribution is -0.0189. The van der Waals surface area contributed by atoms with Crippen LogP contribution in [-0.4, -0.2) is 52.0 Å². The normalized spacial score (nSPS) is 21.8. The first-order valence-electron chi connectivity index (χ1n) is 11.6. The number of hydrogen-bond donors (Lipinski definition) is 0. The monoisotopic (exact) mass is 467 g/mol. The second-order valence-electron chi connectivity index (χ2n) is 10.5. The third-order valence-electron chi connectivity index (χ3n) is 7.52. The average molecular weight is 468 g/mol. The summed E-state index contributed by atoms with van der Waals surface area (Å²) >= 11 is 0. The van der Waals surface area contributed by atoms with E-state index in [1.807, 2.05) is 4.90 Å². The first-order chi connectivity index (χ1) is 15.1. The predicted molar refractivity (Wildman–Crippen MR) is 119 cm³/mol. The molecule has 1 aliphatic heterocycles. The minimum atomic E-state index is -3.43. The maximum absolute atomic E-state index is 14.1. The van der Waals surface area contributed by atoms with E-state index >= 15 is 0 Å². The molecule has 0 atom stereocenters. The molecular formula is C24H34FNO5S. The zero-order valence-electron chi connectivity index (χ0n) is 19.1. The number of piperidine rings is 1. The minimum absolute atomic E-state index is 0.0429. The van der Waals surface area contributed by atoms with Crippen molar-refractivity contribution >= 4 is 15.9 Å². The number of carbonyl (C=O) groups excluding carboxylic acids is 1. The molecule has 0 radical (unpaired) electrons. The maximum atomic E-state index is 14.1. The summed E-state index contributed by atoms with van der Waals surface area (Å²) in [5.74, 6) is 0.105.